The summed E-state index contributed by atoms with van der Waals surface area (Å²) >= 11 is 1.71. The number of aryl methyl sites for hydroxylation is 2. The fourth-order valence-corrected chi connectivity index (χ4v) is 2.86. The highest BCUT2D eigenvalue weighted by molar-refractivity contribution is 7.98. The second-order valence-electron chi connectivity index (χ2n) is 5.27. The van der Waals surface area contributed by atoms with Crippen LogP contribution in [0.1, 0.15) is 28.0 Å². The Hall–Kier alpha value is -1.46. The van der Waals surface area contributed by atoms with Crippen LogP contribution >= 0.6 is 11.8 Å². The molecule has 1 amide bonds. The van der Waals surface area contributed by atoms with Gasteiger partial charge in [0.05, 0.1) is 12.6 Å². The molecule has 4 nitrogen and oxygen atoms in total. The molecule has 1 heterocycles. The van der Waals surface area contributed by atoms with Gasteiger partial charge in [-0.15, -0.1) is 0 Å². The zero-order valence-corrected chi connectivity index (χ0v) is 13.5. The van der Waals surface area contributed by atoms with Crippen LogP contribution in [0.15, 0.2) is 18.2 Å². The minimum atomic E-state index is -0.185. The first-order valence-electron chi connectivity index (χ1n) is 7.06. The highest BCUT2D eigenvalue weighted by Crippen LogP contribution is 2.22. The van der Waals surface area contributed by atoms with Crippen molar-refractivity contribution in [3.63, 3.8) is 0 Å². The van der Waals surface area contributed by atoms with Gasteiger partial charge in [0, 0.05) is 22.2 Å². The van der Waals surface area contributed by atoms with Crippen molar-refractivity contribution in [2.75, 3.05) is 18.6 Å². The average Bonchev–Trinajstić information content (AvgIpc) is 2.78. The van der Waals surface area contributed by atoms with Gasteiger partial charge in [-0.2, -0.15) is 11.8 Å². The Kier molecular flexibility index (Phi) is 5.31. The van der Waals surface area contributed by atoms with Gasteiger partial charge >= 0.3 is 0 Å². The van der Waals surface area contributed by atoms with Crippen molar-refractivity contribution in [1.29, 1.82) is 0 Å². The molecule has 2 rings (SSSR count). The normalized spacial score (nSPS) is 12.6. The topological polar surface area (TPSA) is 65.1 Å². The summed E-state index contributed by atoms with van der Waals surface area (Å²) in [7, 11) is 0. The summed E-state index contributed by atoms with van der Waals surface area (Å²) in [5.74, 6) is 0.788. The predicted octanol–water partition coefficient (Wildman–Crippen LogP) is 2.63. The first kappa shape index (κ1) is 15.9. The van der Waals surface area contributed by atoms with Crippen molar-refractivity contribution in [3.8, 4) is 0 Å². The van der Waals surface area contributed by atoms with Gasteiger partial charge in [0.1, 0.15) is 0 Å². The third-order valence-corrected chi connectivity index (χ3v) is 4.44. The molecule has 114 valence electrons. The van der Waals surface area contributed by atoms with Crippen LogP contribution in [0.25, 0.3) is 10.9 Å². The number of aromatic amines is 1. The van der Waals surface area contributed by atoms with Crippen molar-refractivity contribution >= 4 is 28.6 Å². The maximum absolute atomic E-state index is 12.3. The summed E-state index contributed by atoms with van der Waals surface area (Å²) in [6.45, 7) is 4.04. The van der Waals surface area contributed by atoms with Crippen LogP contribution in [0.5, 0.6) is 0 Å². The van der Waals surface area contributed by atoms with Crippen LogP contribution in [-0.2, 0) is 0 Å². The fraction of sp³-hybridized carbons (Fsp3) is 0.438. The van der Waals surface area contributed by atoms with E-state index in [1.165, 1.54) is 5.56 Å². The number of rotatable bonds is 6. The van der Waals surface area contributed by atoms with Crippen LogP contribution in [0.3, 0.4) is 0 Å². The SMILES string of the molecule is CSCCC(CO)NC(=O)c1ccc2[nH]c(C)c(C)c2c1. The smallest absolute Gasteiger partial charge is 0.251 e. The standard InChI is InChI=1S/C16H22N2O2S/c1-10-11(2)17-15-5-4-12(8-14(10)15)16(20)18-13(9-19)6-7-21-3/h4-5,8,13,17,19H,6-7,9H2,1-3H3,(H,18,20). The van der Waals surface area contributed by atoms with E-state index in [0.717, 1.165) is 28.8 Å². The molecular formula is C16H22N2O2S. The summed E-state index contributed by atoms with van der Waals surface area (Å²) in [5, 5.41) is 13.3. The Balaban J connectivity index is 2.17. The molecule has 3 N–H and O–H groups in total. The molecule has 0 aliphatic rings. The highest BCUT2D eigenvalue weighted by Gasteiger charge is 2.14. The van der Waals surface area contributed by atoms with Crippen LogP contribution in [0, 0.1) is 13.8 Å². The second kappa shape index (κ2) is 7.00. The van der Waals surface area contributed by atoms with Crippen LogP contribution in [0.2, 0.25) is 0 Å². The molecule has 2 aromatic rings. The Bertz CT molecular complexity index is 636. The number of hydrogen-bond acceptors (Lipinski definition) is 3. The summed E-state index contributed by atoms with van der Waals surface area (Å²) in [6.07, 6.45) is 2.79. The number of aliphatic hydroxyl groups excluding tert-OH is 1. The van der Waals surface area contributed by atoms with E-state index in [-0.39, 0.29) is 18.6 Å². The Morgan fingerprint density at radius 3 is 2.86 bits per heavy atom. The van der Waals surface area contributed by atoms with Crippen molar-refractivity contribution < 1.29 is 9.90 Å². The number of carbonyl (C=O) groups excluding carboxylic acids is 1. The maximum Gasteiger partial charge on any atom is 0.251 e. The number of fused-ring (bicyclic) bond motifs is 1. The fourth-order valence-electron chi connectivity index (χ4n) is 2.34. The lowest BCUT2D eigenvalue weighted by Gasteiger charge is -2.15. The molecule has 0 saturated heterocycles. The van der Waals surface area contributed by atoms with Crippen molar-refractivity contribution in [2.24, 2.45) is 0 Å². The molecule has 0 radical (unpaired) electrons. The average molecular weight is 306 g/mol. The largest absolute Gasteiger partial charge is 0.394 e. The van der Waals surface area contributed by atoms with E-state index in [9.17, 15) is 9.90 Å². The molecular weight excluding hydrogens is 284 g/mol. The first-order valence-corrected chi connectivity index (χ1v) is 8.45. The van der Waals surface area contributed by atoms with Crippen molar-refractivity contribution in [2.45, 2.75) is 26.3 Å². The monoisotopic (exact) mass is 306 g/mol. The quantitative estimate of drug-likeness (QED) is 0.768. The van der Waals surface area contributed by atoms with E-state index in [4.69, 9.17) is 0 Å². The van der Waals surface area contributed by atoms with Gasteiger partial charge in [-0.25, -0.2) is 0 Å². The summed E-state index contributed by atoms with van der Waals surface area (Å²) < 4.78 is 0. The minimum Gasteiger partial charge on any atom is -0.394 e. The number of amides is 1. The summed E-state index contributed by atoms with van der Waals surface area (Å²) in [6, 6.07) is 5.47. The number of H-pyrrole nitrogens is 1. The lowest BCUT2D eigenvalue weighted by Crippen LogP contribution is -2.37. The number of aliphatic hydroxyl groups is 1. The third-order valence-electron chi connectivity index (χ3n) is 3.80. The van der Waals surface area contributed by atoms with Gasteiger partial charge < -0.3 is 15.4 Å². The molecule has 0 fully saturated rings. The number of aromatic nitrogens is 1. The molecule has 1 unspecified atom stereocenters. The van der Waals surface area contributed by atoms with Gasteiger partial charge in [-0.1, -0.05) is 0 Å². The zero-order valence-electron chi connectivity index (χ0n) is 12.7. The minimum absolute atomic E-state index is 0.0309. The van der Waals surface area contributed by atoms with E-state index >= 15 is 0 Å². The zero-order chi connectivity index (χ0) is 15.4. The number of hydrogen-bond donors (Lipinski definition) is 3. The van der Waals surface area contributed by atoms with Crippen molar-refractivity contribution in [3.05, 3.63) is 35.0 Å². The molecule has 0 aliphatic carbocycles. The van der Waals surface area contributed by atoms with E-state index in [0.29, 0.717) is 5.56 Å². The molecule has 1 aromatic carbocycles. The highest BCUT2D eigenvalue weighted by atomic mass is 32.2. The molecule has 1 atom stereocenters. The molecule has 0 spiro atoms. The summed E-state index contributed by atoms with van der Waals surface area (Å²) in [4.78, 5) is 15.6. The van der Waals surface area contributed by atoms with Crippen LogP contribution in [-0.4, -0.2) is 40.7 Å². The van der Waals surface area contributed by atoms with Gasteiger partial charge in [0.2, 0.25) is 0 Å². The maximum atomic E-state index is 12.3. The lowest BCUT2D eigenvalue weighted by atomic mass is 10.1. The van der Waals surface area contributed by atoms with Crippen LogP contribution < -0.4 is 5.32 Å². The molecule has 21 heavy (non-hydrogen) atoms. The predicted molar refractivity (Wildman–Crippen MR) is 89.1 cm³/mol. The van der Waals surface area contributed by atoms with E-state index in [2.05, 4.69) is 10.3 Å². The second-order valence-corrected chi connectivity index (χ2v) is 6.26. The summed E-state index contributed by atoms with van der Waals surface area (Å²) in [5.41, 5.74) is 3.96. The Morgan fingerprint density at radius 2 is 2.19 bits per heavy atom. The van der Waals surface area contributed by atoms with E-state index in [1.807, 2.05) is 38.3 Å². The number of carbonyl (C=O) groups is 1. The number of nitrogens with one attached hydrogen (secondary N) is 2. The third kappa shape index (κ3) is 3.60. The number of thioether (sulfide) groups is 1. The van der Waals surface area contributed by atoms with E-state index in [1.54, 1.807) is 11.8 Å². The van der Waals surface area contributed by atoms with E-state index < -0.39 is 0 Å². The molecule has 0 aliphatic heterocycles. The molecule has 1 aromatic heterocycles. The Morgan fingerprint density at radius 1 is 1.43 bits per heavy atom. The van der Waals surface area contributed by atoms with Gasteiger partial charge in [-0.3, -0.25) is 4.79 Å². The van der Waals surface area contributed by atoms with Crippen LogP contribution in [0.4, 0.5) is 0 Å². The van der Waals surface area contributed by atoms with Gasteiger partial charge in [0.25, 0.3) is 5.91 Å². The lowest BCUT2D eigenvalue weighted by molar-refractivity contribution is 0.0915. The van der Waals surface area contributed by atoms with Gasteiger partial charge in [-0.05, 0) is 56.0 Å². The van der Waals surface area contributed by atoms with Gasteiger partial charge in [0.15, 0.2) is 0 Å². The van der Waals surface area contributed by atoms with Crippen molar-refractivity contribution in [1.82, 2.24) is 10.3 Å². The number of benzene rings is 1. The molecule has 0 bridgehead atoms. The molecule has 0 saturated carbocycles. The Labute approximate surface area is 129 Å². The molecule has 5 heteroatoms. The first-order chi connectivity index (χ1) is 10.1.